The predicted octanol–water partition coefficient (Wildman–Crippen LogP) is 2.97. The van der Waals surface area contributed by atoms with E-state index in [9.17, 15) is 12.8 Å². The van der Waals surface area contributed by atoms with E-state index in [2.05, 4.69) is 9.82 Å². The van der Waals surface area contributed by atoms with Crippen LogP contribution in [0.25, 0.3) is 5.69 Å². The van der Waals surface area contributed by atoms with Crippen molar-refractivity contribution < 1.29 is 22.3 Å². The molecule has 27 heavy (non-hydrogen) atoms. The number of anilines is 1. The molecule has 7 nitrogen and oxygen atoms in total. The number of ether oxygens (including phenoxy) is 2. The average Bonchev–Trinajstić information content (AvgIpc) is 2.96. The third kappa shape index (κ3) is 3.45. The first-order valence-corrected chi connectivity index (χ1v) is 9.74. The lowest BCUT2D eigenvalue weighted by molar-refractivity contribution is 0.294. The van der Waals surface area contributed by atoms with Gasteiger partial charge in [-0.15, -0.1) is 0 Å². The van der Waals surface area contributed by atoms with Crippen molar-refractivity contribution in [3.05, 3.63) is 60.7 Å². The SMILES string of the molecule is O=S(=O)(Nc1cnn(-c2ccccc2F)c1)c1cccc2c1OCCCO2. The second-order valence-electron chi connectivity index (χ2n) is 5.86. The molecule has 9 heteroatoms. The normalized spacial score (nSPS) is 13.8. The Morgan fingerprint density at radius 2 is 1.89 bits per heavy atom. The summed E-state index contributed by atoms with van der Waals surface area (Å²) in [6.45, 7) is 0.824. The van der Waals surface area contributed by atoms with Crippen LogP contribution in [0.5, 0.6) is 11.5 Å². The molecule has 2 heterocycles. The molecule has 0 saturated heterocycles. The Kier molecular flexibility index (Phi) is 4.44. The maximum absolute atomic E-state index is 13.9. The first kappa shape index (κ1) is 17.3. The molecule has 0 saturated carbocycles. The van der Waals surface area contributed by atoms with E-state index in [1.165, 1.54) is 29.2 Å². The van der Waals surface area contributed by atoms with Gasteiger partial charge in [-0.25, -0.2) is 17.5 Å². The Morgan fingerprint density at radius 3 is 2.74 bits per heavy atom. The van der Waals surface area contributed by atoms with Crippen LogP contribution in [0.15, 0.2) is 59.8 Å². The van der Waals surface area contributed by atoms with E-state index in [0.717, 1.165) is 0 Å². The van der Waals surface area contributed by atoms with Gasteiger partial charge in [0.1, 0.15) is 16.4 Å². The Hall–Kier alpha value is -3.07. The monoisotopic (exact) mass is 389 g/mol. The smallest absolute Gasteiger partial charge is 0.265 e. The van der Waals surface area contributed by atoms with Crippen LogP contribution < -0.4 is 14.2 Å². The molecule has 1 N–H and O–H groups in total. The highest BCUT2D eigenvalue weighted by Crippen LogP contribution is 2.36. The van der Waals surface area contributed by atoms with Crippen LogP contribution in [-0.2, 0) is 10.0 Å². The molecule has 0 radical (unpaired) electrons. The van der Waals surface area contributed by atoms with E-state index >= 15 is 0 Å². The first-order chi connectivity index (χ1) is 13.0. The molecule has 0 atom stereocenters. The van der Waals surface area contributed by atoms with Gasteiger partial charge < -0.3 is 9.47 Å². The number of hydrogen-bond acceptors (Lipinski definition) is 5. The summed E-state index contributed by atoms with van der Waals surface area (Å²) in [5.41, 5.74) is 0.415. The van der Waals surface area contributed by atoms with E-state index in [-0.39, 0.29) is 22.0 Å². The number of para-hydroxylation sites is 2. The van der Waals surface area contributed by atoms with E-state index in [0.29, 0.717) is 25.4 Å². The van der Waals surface area contributed by atoms with Crippen molar-refractivity contribution in [1.29, 1.82) is 0 Å². The van der Waals surface area contributed by atoms with Gasteiger partial charge in [0.25, 0.3) is 10.0 Å². The minimum Gasteiger partial charge on any atom is -0.490 e. The molecule has 4 rings (SSSR count). The molecule has 3 aromatic rings. The summed E-state index contributed by atoms with van der Waals surface area (Å²) in [4.78, 5) is -0.0273. The lowest BCUT2D eigenvalue weighted by Gasteiger charge is -2.13. The molecular formula is C18H16FN3O4S. The van der Waals surface area contributed by atoms with Crippen molar-refractivity contribution in [2.24, 2.45) is 0 Å². The first-order valence-electron chi connectivity index (χ1n) is 8.25. The van der Waals surface area contributed by atoms with Gasteiger partial charge in [0.2, 0.25) is 0 Å². The summed E-state index contributed by atoms with van der Waals surface area (Å²) >= 11 is 0. The number of rotatable bonds is 4. The summed E-state index contributed by atoms with van der Waals surface area (Å²) in [5, 5.41) is 4.02. The minimum atomic E-state index is -3.95. The second-order valence-corrected chi connectivity index (χ2v) is 7.52. The Balaban J connectivity index is 1.65. The van der Waals surface area contributed by atoms with Crippen LogP contribution in [0.3, 0.4) is 0 Å². The van der Waals surface area contributed by atoms with Crippen molar-refractivity contribution in [1.82, 2.24) is 9.78 Å². The molecule has 0 spiro atoms. The summed E-state index contributed by atoms with van der Waals surface area (Å²) < 4.78 is 54.4. The summed E-state index contributed by atoms with van der Waals surface area (Å²) in [5.74, 6) is 0.107. The van der Waals surface area contributed by atoms with Gasteiger partial charge in [-0.1, -0.05) is 18.2 Å². The third-order valence-electron chi connectivity index (χ3n) is 3.96. The van der Waals surface area contributed by atoms with Gasteiger partial charge in [-0.3, -0.25) is 4.72 Å². The highest BCUT2D eigenvalue weighted by atomic mass is 32.2. The van der Waals surface area contributed by atoms with Crippen molar-refractivity contribution in [3.8, 4) is 17.2 Å². The zero-order valence-electron chi connectivity index (χ0n) is 14.1. The van der Waals surface area contributed by atoms with Crippen LogP contribution >= 0.6 is 0 Å². The molecular weight excluding hydrogens is 373 g/mol. The molecule has 0 amide bonds. The number of benzene rings is 2. The minimum absolute atomic E-state index is 0.0273. The van der Waals surface area contributed by atoms with Crippen molar-refractivity contribution in [2.45, 2.75) is 11.3 Å². The molecule has 0 bridgehead atoms. The van der Waals surface area contributed by atoms with E-state index in [1.54, 1.807) is 30.3 Å². The lowest BCUT2D eigenvalue weighted by Crippen LogP contribution is -2.14. The number of fused-ring (bicyclic) bond motifs is 1. The van der Waals surface area contributed by atoms with Gasteiger partial charge in [0.15, 0.2) is 11.5 Å². The molecule has 1 aromatic heterocycles. The summed E-state index contributed by atoms with van der Waals surface area (Å²) in [7, 11) is -3.95. The fourth-order valence-corrected chi connectivity index (χ4v) is 3.92. The van der Waals surface area contributed by atoms with Crippen LogP contribution in [0.2, 0.25) is 0 Å². The van der Waals surface area contributed by atoms with E-state index < -0.39 is 15.8 Å². The number of hydrogen-bond donors (Lipinski definition) is 1. The molecule has 140 valence electrons. The number of nitrogens with one attached hydrogen (secondary N) is 1. The van der Waals surface area contributed by atoms with Gasteiger partial charge in [-0.2, -0.15) is 5.10 Å². The standard InChI is InChI=1S/C18H16FN3O4S/c19-14-5-1-2-6-15(14)22-12-13(11-20-22)21-27(23,24)17-8-3-7-16-18(17)26-10-4-9-25-16/h1-3,5-8,11-12,21H,4,9-10H2. The van der Waals surface area contributed by atoms with Crippen molar-refractivity contribution in [2.75, 3.05) is 17.9 Å². The molecule has 1 aliphatic rings. The number of nitrogens with zero attached hydrogens (tertiary/aromatic N) is 2. The van der Waals surface area contributed by atoms with E-state index in [1.807, 2.05) is 0 Å². The average molecular weight is 389 g/mol. The zero-order valence-corrected chi connectivity index (χ0v) is 14.9. The maximum atomic E-state index is 13.9. The van der Waals surface area contributed by atoms with Crippen LogP contribution in [0, 0.1) is 5.82 Å². The van der Waals surface area contributed by atoms with Crippen molar-refractivity contribution in [3.63, 3.8) is 0 Å². The fourth-order valence-electron chi connectivity index (χ4n) is 2.73. The molecule has 0 aliphatic carbocycles. The highest BCUT2D eigenvalue weighted by Gasteiger charge is 2.25. The second kappa shape index (κ2) is 6.92. The third-order valence-corrected chi connectivity index (χ3v) is 5.36. The van der Waals surface area contributed by atoms with Gasteiger partial charge in [-0.05, 0) is 24.3 Å². The van der Waals surface area contributed by atoms with E-state index in [4.69, 9.17) is 9.47 Å². The topological polar surface area (TPSA) is 82.5 Å². The Morgan fingerprint density at radius 1 is 1.07 bits per heavy atom. The van der Waals surface area contributed by atoms with Crippen LogP contribution in [-0.4, -0.2) is 31.4 Å². The van der Waals surface area contributed by atoms with Gasteiger partial charge in [0.05, 0.1) is 31.3 Å². The molecule has 0 fully saturated rings. The predicted molar refractivity (Wildman–Crippen MR) is 96.4 cm³/mol. The lowest BCUT2D eigenvalue weighted by atomic mass is 10.3. The van der Waals surface area contributed by atoms with Crippen LogP contribution in [0.1, 0.15) is 6.42 Å². The number of halogens is 1. The number of aromatic nitrogens is 2. The quantitative estimate of drug-likeness (QED) is 0.742. The fraction of sp³-hybridized carbons (Fsp3) is 0.167. The molecule has 0 unspecified atom stereocenters. The van der Waals surface area contributed by atoms with Crippen LogP contribution in [0.4, 0.5) is 10.1 Å². The van der Waals surface area contributed by atoms with Crippen molar-refractivity contribution >= 4 is 15.7 Å². The van der Waals surface area contributed by atoms with Gasteiger partial charge >= 0.3 is 0 Å². The Labute approximate surface area is 155 Å². The Bertz CT molecular complexity index is 1080. The zero-order chi connectivity index (χ0) is 18.9. The van der Waals surface area contributed by atoms with Gasteiger partial charge in [0, 0.05) is 6.42 Å². The summed E-state index contributed by atoms with van der Waals surface area (Å²) in [6, 6.07) is 10.8. The maximum Gasteiger partial charge on any atom is 0.265 e. The number of sulfonamides is 1. The summed E-state index contributed by atoms with van der Waals surface area (Å²) in [6.07, 6.45) is 3.37. The molecule has 1 aliphatic heterocycles. The molecule has 2 aromatic carbocycles. The highest BCUT2D eigenvalue weighted by molar-refractivity contribution is 7.92. The largest absolute Gasteiger partial charge is 0.490 e.